The van der Waals surface area contributed by atoms with Gasteiger partial charge in [-0.2, -0.15) is 0 Å². The van der Waals surface area contributed by atoms with E-state index in [0.717, 1.165) is 12.8 Å². The average Bonchev–Trinajstić information content (AvgIpc) is 2.67. The molecule has 2 rings (SSSR count). The predicted octanol–water partition coefficient (Wildman–Crippen LogP) is 4.29. The van der Waals surface area contributed by atoms with Gasteiger partial charge in [0.05, 0.1) is 0 Å². The molecule has 2 nitrogen and oxygen atoms in total. The summed E-state index contributed by atoms with van der Waals surface area (Å²) >= 11 is 11.7. The Morgan fingerprint density at radius 2 is 2.00 bits per heavy atom. The third-order valence-corrected chi connectivity index (χ3v) is 3.14. The Morgan fingerprint density at radius 3 is 2.59 bits per heavy atom. The molecule has 1 atom stereocenters. The fourth-order valence-electron chi connectivity index (χ4n) is 1.94. The summed E-state index contributed by atoms with van der Waals surface area (Å²) in [5.74, 6) is 0.365. The van der Waals surface area contributed by atoms with Crippen LogP contribution in [0.2, 0.25) is 10.0 Å². The van der Waals surface area contributed by atoms with Gasteiger partial charge in [0, 0.05) is 22.2 Å². The molecule has 0 radical (unpaired) electrons. The number of amides is 1. The topological polar surface area (TPSA) is 29.1 Å². The molecule has 90 valence electrons. The molecule has 1 aliphatic rings. The second kappa shape index (κ2) is 5.56. The minimum Gasteiger partial charge on any atom is -0.326 e. The molecule has 1 aromatic carbocycles. The monoisotopic (exact) mass is 269 g/mol. The van der Waals surface area contributed by atoms with Crippen LogP contribution in [-0.4, -0.2) is 5.91 Å². The van der Waals surface area contributed by atoms with Crippen molar-refractivity contribution in [3.63, 3.8) is 0 Å². The van der Waals surface area contributed by atoms with E-state index >= 15 is 0 Å². The molecule has 1 amide bonds. The van der Waals surface area contributed by atoms with Crippen molar-refractivity contribution in [2.45, 2.75) is 19.3 Å². The van der Waals surface area contributed by atoms with E-state index in [1.165, 1.54) is 0 Å². The summed E-state index contributed by atoms with van der Waals surface area (Å²) in [5.41, 5.74) is 0.648. The highest BCUT2D eigenvalue weighted by atomic mass is 35.5. The molecule has 1 unspecified atom stereocenters. The highest BCUT2D eigenvalue weighted by Gasteiger charge is 2.14. The van der Waals surface area contributed by atoms with Gasteiger partial charge in [0.2, 0.25) is 5.91 Å². The molecule has 0 spiro atoms. The normalized spacial score (nSPS) is 18.4. The number of halogens is 2. The molecular formula is C13H13Cl2NO. The van der Waals surface area contributed by atoms with Crippen LogP contribution >= 0.6 is 23.2 Å². The van der Waals surface area contributed by atoms with Gasteiger partial charge >= 0.3 is 0 Å². The van der Waals surface area contributed by atoms with E-state index in [0.29, 0.717) is 28.1 Å². The lowest BCUT2D eigenvalue weighted by atomic mass is 10.1. The van der Waals surface area contributed by atoms with Crippen LogP contribution < -0.4 is 5.32 Å². The van der Waals surface area contributed by atoms with E-state index < -0.39 is 0 Å². The van der Waals surface area contributed by atoms with Crippen molar-refractivity contribution in [2.24, 2.45) is 5.92 Å². The lowest BCUT2D eigenvalue weighted by Gasteiger charge is -2.09. The molecule has 0 bridgehead atoms. The molecule has 1 aromatic rings. The minimum atomic E-state index is -0.000108. The molecule has 0 aliphatic heterocycles. The molecule has 0 fully saturated rings. The lowest BCUT2D eigenvalue weighted by molar-refractivity contribution is -0.116. The summed E-state index contributed by atoms with van der Waals surface area (Å²) < 4.78 is 0. The van der Waals surface area contributed by atoms with Crippen molar-refractivity contribution in [3.05, 3.63) is 40.4 Å². The Kier molecular flexibility index (Phi) is 4.08. The Balaban J connectivity index is 1.95. The molecule has 17 heavy (non-hydrogen) atoms. The van der Waals surface area contributed by atoms with Crippen molar-refractivity contribution in [1.82, 2.24) is 0 Å². The van der Waals surface area contributed by atoms with Crippen LogP contribution in [-0.2, 0) is 4.79 Å². The number of nitrogens with one attached hydrogen (secondary N) is 1. The average molecular weight is 270 g/mol. The number of hydrogen-bond acceptors (Lipinski definition) is 1. The van der Waals surface area contributed by atoms with Gasteiger partial charge in [-0.15, -0.1) is 0 Å². The fourth-order valence-corrected chi connectivity index (χ4v) is 2.47. The Morgan fingerprint density at radius 1 is 1.29 bits per heavy atom. The third kappa shape index (κ3) is 3.76. The zero-order valence-electron chi connectivity index (χ0n) is 9.25. The van der Waals surface area contributed by atoms with Crippen molar-refractivity contribution in [2.75, 3.05) is 5.32 Å². The predicted molar refractivity (Wildman–Crippen MR) is 71.6 cm³/mol. The Hall–Kier alpha value is -0.990. The van der Waals surface area contributed by atoms with Crippen molar-refractivity contribution >= 4 is 34.8 Å². The molecule has 0 aromatic heterocycles. The molecule has 4 heteroatoms. The van der Waals surface area contributed by atoms with E-state index in [9.17, 15) is 4.79 Å². The molecule has 1 N–H and O–H groups in total. The number of carbonyl (C=O) groups excluding carboxylic acids is 1. The highest BCUT2D eigenvalue weighted by molar-refractivity contribution is 6.35. The van der Waals surface area contributed by atoms with E-state index in [1.54, 1.807) is 18.2 Å². The van der Waals surface area contributed by atoms with Crippen LogP contribution in [0.1, 0.15) is 19.3 Å². The van der Waals surface area contributed by atoms with Crippen molar-refractivity contribution < 1.29 is 4.79 Å². The van der Waals surface area contributed by atoms with Gasteiger partial charge in [-0.1, -0.05) is 35.4 Å². The second-order valence-corrected chi connectivity index (χ2v) is 5.05. The van der Waals surface area contributed by atoms with Crippen LogP contribution in [0.3, 0.4) is 0 Å². The van der Waals surface area contributed by atoms with Gasteiger partial charge in [-0.3, -0.25) is 4.79 Å². The summed E-state index contributed by atoms with van der Waals surface area (Å²) in [7, 11) is 0. The van der Waals surface area contributed by atoms with E-state index in [-0.39, 0.29) is 5.91 Å². The minimum absolute atomic E-state index is 0.000108. The zero-order valence-corrected chi connectivity index (χ0v) is 10.8. The first-order valence-electron chi connectivity index (χ1n) is 5.56. The summed E-state index contributed by atoms with van der Waals surface area (Å²) in [6, 6.07) is 5.02. The number of anilines is 1. The van der Waals surface area contributed by atoms with Gasteiger partial charge < -0.3 is 5.32 Å². The van der Waals surface area contributed by atoms with Gasteiger partial charge in [0.1, 0.15) is 0 Å². The first kappa shape index (κ1) is 12.5. The summed E-state index contributed by atoms with van der Waals surface area (Å²) in [5, 5.41) is 3.85. The van der Waals surface area contributed by atoms with Gasteiger partial charge in [-0.05, 0) is 37.0 Å². The third-order valence-electron chi connectivity index (χ3n) is 2.71. The number of allylic oxidation sites excluding steroid dienone is 2. The summed E-state index contributed by atoms with van der Waals surface area (Å²) in [4.78, 5) is 11.8. The van der Waals surface area contributed by atoms with Crippen LogP contribution in [0, 0.1) is 5.92 Å². The maximum absolute atomic E-state index is 11.8. The summed E-state index contributed by atoms with van der Waals surface area (Å²) in [6.07, 6.45) is 6.87. The molecule has 0 heterocycles. The van der Waals surface area contributed by atoms with Crippen molar-refractivity contribution in [3.8, 4) is 0 Å². The lowest BCUT2D eigenvalue weighted by Crippen LogP contribution is -2.14. The van der Waals surface area contributed by atoms with Crippen LogP contribution in [0.25, 0.3) is 0 Å². The number of hydrogen-bond donors (Lipinski definition) is 1. The Bertz CT molecular complexity index is 436. The Labute approximate surface area is 111 Å². The summed E-state index contributed by atoms with van der Waals surface area (Å²) in [6.45, 7) is 0. The standard InChI is InChI=1S/C13H13Cl2NO/c14-10-6-11(15)8-12(7-10)16-13(17)5-9-3-1-2-4-9/h1,3,6-9H,2,4-5H2,(H,16,17). The first-order chi connectivity index (χ1) is 8.13. The SMILES string of the molecule is O=C(CC1C=CCC1)Nc1cc(Cl)cc(Cl)c1. The molecule has 0 saturated heterocycles. The fraction of sp³-hybridized carbons (Fsp3) is 0.308. The number of benzene rings is 1. The van der Waals surface area contributed by atoms with Gasteiger partial charge in [-0.25, -0.2) is 0 Å². The number of carbonyl (C=O) groups is 1. The first-order valence-corrected chi connectivity index (χ1v) is 6.32. The van der Waals surface area contributed by atoms with Crippen LogP contribution in [0.5, 0.6) is 0 Å². The highest BCUT2D eigenvalue weighted by Crippen LogP contribution is 2.24. The van der Waals surface area contributed by atoms with Gasteiger partial charge in [0.15, 0.2) is 0 Å². The molecule has 1 aliphatic carbocycles. The van der Waals surface area contributed by atoms with Crippen molar-refractivity contribution in [1.29, 1.82) is 0 Å². The smallest absolute Gasteiger partial charge is 0.224 e. The quantitative estimate of drug-likeness (QED) is 0.815. The zero-order chi connectivity index (χ0) is 12.3. The maximum Gasteiger partial charge on any atom is 0.224 e. The molecule has 0 saturated carbocycles. The van der Waals surface area contributed by atoms with Crippen LogP contribution in [0.15, 0.2) is 30.4 Å². The maximum atomic E-state index is 11.8. The van der Waals surface area contributed by atoms with E-state index in [2.05, 4.69) is 17.5 Å². The largest absolute Gasteiger partial charge is 0.326 e. The molecular weight excluding hydrogens is 257 g/mol. The second-order valence-electron chi connectivity index (χ2n) is 4.18. The van der Waals surface area contributed by atoms with Crippen LogP contribution in [0.4, 0.5) is 5.69 Å². The number of rotatable bonds is 3. The van der Waals surface area contributed by atoms with Gasteiger partial charge in [0.25, 0.3) is 0 Å². The van der Waals surface area contributed by atoms with E-state index in [1.807, 2.05) is 0 Å². The van der Waals surface area contributed by atoms with E-state index in [4.69, 9.17) is 23.2 Å².